The zero-order valence-corrected chi connectivity index (χ0v) is 20.3. The molecule has 1 aliphatic rings. The van der Waals surface area contributed by atoms with Crippen LogP contribution in [0.4, 0.5) is 11.4 Å². The lowest BCUT2D eigenvalue weighted by molar-refractivity contribution is 0.0383. The van der Waals surface area contributed by atoms with Crippen molar-refractivity contribution in [1.82, 2.24) is 10.2 Å². The topological polar surface area (TPSA) is 91.0 Å². The zero-order chi connectivity index (χ0) is 24.1. The fourth-order valence-corrected chi connectivity index (χ4v) is 5.05. The Labute approximate surface area is 200 Å². The molecule has 1 saturated heterocycles. The van der Waals surface area contributed by atoms with Gasteiger partial charge in [0.15, 0.2) is 0 Å². The van der Waals surface area contributed by atoms with Crippen LogP contribution < -0.4 is 14.9 Å². The van der Waals surface area contributed by atoms with Gasteiger partial charge in [-0.15, -0.1) is 0 Å². The number of ether oxygens (including phenoxy) is 1. The maximum Gasteiger partial charge on any atom is 0.261 e. The summed E-state index contributed by atoms with van der Waals surface area (Å²) in [7, 11) is -0.134. The number of benzene rings is 3. The minimum atomic E-state index is -3.83. The molecule has 4 rings (SSSR count). The van der Waals surface area contributed by atoms with E-state index in [2.05, 4.69) is 14.9 Å². The Balaban J connectivity index is 1.51. The minimum Gasteiger partial charge on any atom is -0.379 e. The highest BCUT2D eigenvalue weighted by atomic mass is 32.2. The maximum absolute atomic E-state index is 13.1. The highest BCUT2D eigenvalue weighted by Crippen LogP contribution is 2.26. The van der Waals surface area contributed by atoms with Gasteiger partial charge in [-0.05, 0) is 41.1 Å². The van der Waals surface area contributed by atoms with E-state index in [1.54, 1.807) is 36.4 Å². The summed E-state index contributed by atoms with van der Waals surface area (Å²) in [4.78, 5) is 17.2. The van der Waals surface area contributed by atoms with E-state index in [-0.39, 0.29) is 10.8 Å². The molecule has 3 aromatic carbocycles. The number of hydrogen-bond donors (Lipinski definition) is 2. The van der Waals surface area contributed by atoms with E-state index in [0.29, 0.717) is 36.7 Å². The lowest BCUT2D eigenvalue weighted by Gasteiger charge is -2.26. The van der Waals surface area contributed by atoms with E-state index >= 15 is 0 Å². The van der Waals surface area contributed by atoms with Crippen LogP contribution in [-0.4, -0.2) is 72.7 Å². The molecule has 1 amide bonds. The Morgan fingerprint density at radius 2 is 1.74 bits per heavy atom. The number of nitrogens with one attached hydrogen (secondary N) is 2. The first-order valence-electron chi connectivity index (χ1n) is 11.2. The van der Waals surface area contributed by atoms with Crippen LogP contribution >= 0.6 is 0 Å². The van der Waals surface area contributed by atoms with Crippen molar-refractivity contribution in [3.05, 3.63) is 66.2 Å². The average Bonchev–Trinajstić information content (AvgIpc) is 2.84. The number of carbonyl (C=O) groups excluding carboxylic acids is 1. The minimum absolute atomic E-state index is 0.166. The molecule has 0 spiro atoms. The van der Waals surface area contributed by atoms with Crippen molar-refractivity contribution in [2.24, 2.45) is 0 Å². The standard InChI is InChI=1S/C25H30N4O4S/c1-28(2)24-10-8-21(18-23(24)25(30)26-11-12-29-13-15-33-16-14-29)27-34(31,32)22-9-7-19-5-3-4-6-20(19)17-22/h3-10,17-18,27H,11-16H2,1-2H3,(H,26,30). The number of nitrogens with zero attached hydrogens (tertiary/aromatic N) is 2. The Hall–Kier alpha value is -3.14. The van der Waals surface area contributed by atoms with Crippen molar-refractivity contribution in [2.45, 2.75) is 4.90 Å². The SMILES string of the molecule is CN(C)c1ccc(NS(=O)(=O)c2ccc3ccccc3c2)cc1C(=O)NCCN1CCOCC1. The molecule has 8 nitrogen and oxygen atoms in total. The number of anilines is 2. The zero-order valence-electron chi connectivity index (χ0n) is 19.5. The van der Waals surface area contributed by atoms with Crippen LogP contribution in [0.25, 0.3) is 10.8 Å². The van der Waals surface area contributed by atoms with E-state index in [1.165, 1.54) is 0 Å². The molecule has 0 aliphatic carbocycles. The quantitative estimate of drug-likeness (QED) is 0.513. The third-order valence-electron chi connectivity index (χ3n) is 5.82. The van der Waals surface area contributed by atoms with Gasteiger partial charge in [0.2, 0.25) is 0 Å². The lowest BCUT2D eigenvalue weighted by Crippen LogP contribution is -2.41. The fourth-order valence-electron chi connectivity index (χ4n) is 3.97. The van der Waals surface area contributed by atoms with Crippen LogP contribution in [0.2, 0.25) is 0 Å². The summed E-state index contributed by atoms with van der Waals surface area (Å²) in [6, 6.07) is 17.6. The van der Waals surface area contributed by atoms with Crippen molar-refractivity contribution in [2.75, 3.05) is 63.1 Å². The Bertz CT molecular complexity index is 1270. The molecule has 0 radical (unpaired) electrons. The summed E-state index contributed by atoms with van der Waals surface area (Å²) in [6.45, 7) is 4.35. The van der Waals surface area contributed by atoms with Gasteiger partial charge < -0.3 is 15.0 Å². The molecule has 0 atom stereocenters. The smallest absolute Gasteiger partial charge is 0.261 e. The van der Waals surface area contributed by atoms with E-state index in [9.17, 15) is 13.2 Å². The fraction of sp³-hybridized carbons (Fsp3) is 0.320. The highest BCUT2D eigenvalue weighted by Gasteiger charge is 2.19. The molecule has 1 aliphatic heterocycles. The van der Waals surface area contributed by atoms with Crippen molar-refractivity contribution >= 4 is 38.1 Å². The molecule has 1 heterocycles. The average molecular weight is 483 g/mol. The number of amides is 1. The molecule has 34 heavy (non-hydrogen) atoms. The van der Waals surface area contributed by atoms with Crippen molar-refractivity contribution in [3.8, 4) is 0 Å². The molecule has 2 N–H and O–H groups in total. The van der Waals surface area contributed by atoms with Gasteiger partial charge in [0, 0.05) is 51.6 Å². The Morgan fingerprint density at radius 3 is 2.47 bits per heavy atom. The number of sulfonamides is 1. The summed E-state index contributed by atoms with van der Waals surface area (Å²) in [5.74, 6) is -0.247. The summed E-state index contributed by atoms with van der Waals surface area (Å²) < 4.78 is 34.1. The van der Waals surface area contributed by atoms with Crippen LogP contribution in [-0.2, 0) is 14.8 Å². The van der Waals surface area contributed by atoms with Gasteiger partial charge >= 0.3 is 0 Å². The van der Waals surface area contributed by atoms with Crippen LogP contribution in [0.15, 0.2) is 65.6 Å². The predicted octanol–water partition coefficient (Wildman–Crippen LogP) is 2.77. The summed E-state index contributed by atoms with van der Waals surface area (Å²) in [5, 5.41) is 4.77. The second kappa shape index (κ2) is 10.4. The van der Waals surface area contributed by atoms with Crippen molar-refractivity contribution in [3.63, 3.8) is 0 Å². The Morgan fingerprint density at radius 1 is 1.00 bits per heavy atom. The summed E-state index contributed by atoms with van der Waals surface area (Å²) >= 11 is 0. The predicted molar refractivity (Wildman–Crippen MR) is 135 cm³/mol. The first-order valence-corrected chi connectivity index (χ1v) is 12.7. The van der Waals surface area contributed by atoms with E-state index < -0.39 is 10.0 Å². The molecule has 0 unspecified atom stereocenters. The second-order valence-electron chi connectivity index (χ2n) is 8.45. The van der Waals surface area contributed by atoms with Gasteiger partial charge in [-0.3, -0.25) is 14.4 Å². The van der Waals surface area contributed by atoms with E-state index in [1.807, 2.05) is 43.3 Å². The molecular formula is C25H30N4O4S. The summed E-state index contributed by atoms with van der Waals surface area (Å²) in [5.41, 5.74) is 1.44. The Kier molecular flexibility index (Phi) is 7.35. The first kappa shape index (κ1) is 24.0. The van der Waals surface area contributed by atoms with Gasteiger partial charge in [0.1, 0.15) is 0 Å². The van der Waals surface area contributed by atoms with Crippen molar-refractivity contribution < 1.29 is 17.9 Å². The molecule has 1 fully saturated rings. The second-order valence-corrected chi connectivity index (χ2v) is 10.1. The third-order valence-corrected chi connectivity index (χ3v) is 7.20. The van der Waals surface area contributed by atoms with Crippen LogP contribution in [0.1, 0.15) is 10.4 Å². The molecule has 0 bridgehead atoms. The molecule has 9 heteroatoms. The number of carbonyl (C=O) groups is 1. The highest BCUT2D eigenvalue weighted by molar-refractivity contribution is 7.92. The van der Waals surface area contributed by atoms with E-state index in [0.717, 1.165) is 30.4 Å². The number of rotatable bonds is 8. The third kappa shape index (κ3) is 5.67. The molecular weight excluding hydrogens is 452 g/mol. The molecule has 0 aromatic heterocycles. The van der Waals surface area contributed by atoms with Crippen LogP contribution in [0.3, 0.4) is 0 Å². The normalized spacial score (nSPS) is 14.6. The summed E-state index contributed by atoms with van der Waals surface area (Å²) in [6.07, 6.45) is 0. The van der Waals surface area contributed by atoms with Gasteiger partial charge in [-0.25, -0.2) is 8.42 Å². The first-order chi connectivity index (χ1) is 16.3. The van der Waals surface area contributed by atoms with Gasteiger partial charge in [-0.2, -0.15) is 0 Å². The van der Waals surface area contributed by atoms with Gasteiger partial charge in [0.05, 0.1) is 23.7 Å². The van der Waals surface area contributed by atoms with Crippen LogP contribution in [0.5, 0.6) is 0 Å². The lowest BCUT2D eigenvalue weighted by atomic mass is 10.1. The number of fused-ring (bicyclic) bond motifs is 1. The van der Waals surface area contributed by atoms with E-state index in [4.69, 9.17) is 4.74 Å². The molecule has 180 valence electrons. The molecule has 3 aromatic rings. The number of hydrogen-bond acceptors (Lipinski definition) is 6. The monoisotopic (exact) mass is 482 g/mol. The molecule has 0 saturated carbocycles. The largest absolute Gasteiger partial charge is 0.379 e. The van der Waals surface area contributed by atoms with Gasteiger partial charge in [0.25, 0.3) is 15.9 Å². The van der Waals surface area contributed by atoms with Crippen LogP contribution in [0, 0.1) is 0 Å². The number of morpholine rings is 1. The van der Waals surface area contributed by atoms with Gasteiger partial charge in [-0.1, -0.05) is 30.3 Å². The van der Waals surface area contributed by atoms with Crippen molar-refractivity contribution in [1.29, 1.82) is 0 Å². The maximum atomic E-state index is 13.1.